The van der Waals surface area contributed by atoms with Crippen LogP contribution < -0.4 is 0 Å². The standard InChI is InChI=1S/C50H28N4/c1-2-14-32-27-33(22-21-29(32)11-1)47-44-34-15-5-3-12-30(34)24-26-40(44)51-50(52-47)54-43-28-39-36-17-7-9-19-41(36)53-42-20-10-8-18-37(42)46(49(39)53)45(43)38-25-23-31-13-4-6-16-35(31)48(38)54/h1-28H. The van der Waals surface area contributed by atoms with Crippen LogP contribution in [0.3, 0.4) is 0 Å². The molecule has 0 spiro atoms. The summed E-state index contributed by atoms with van der Waals surface area (Å²) in [7, 11) is 0. The number of para-hydroxylation sites is 2. The number of rotatable bonds is 2. The van der Waals surface area contributed by atoms with Gasteiger partial charge in [-0.15, -0.1) is 0 Å². The van der Waals surface area contributed by atoms with Crippen LogP contribution in [-0.2, 0) is 0 Å². The lowest BCUT2D eigenvalue weighted by atomic mass is 9.98. The third kappa shape index (κ3) is 3.57. The molecule has 0 N–H and O–H groups in total. The van der Waals surface area contributed by atoms with E-state index in [1.54, 1.807) is 0 Å². The van der Waals surface area contributed by atoms with Crippen LogP contribution in [0.4, 0.5) is 0 Å². The number of aromatic nitrogens is 4. The van der Waals surface area contributed by atoms with Gasteiger partial charge in [-0.05, 0) is 57.3 Å². The Hall–Kier alpha value is -7.30. The summed E-state index contributed by atoms with van der Waals surface area (Å²) in [6, 6.07) is 61.6. The topological polar surface area (TPSA) is 35.1 Å². The Morgan fingerprint density at radius 3 is 1.81 bits per heavy atom. The quantitative estimate of drug-likeness (QED) is 0.170. The molecule has 13 aromatic rings. The maximum absolute atomic E-state index is 5.67. The van der Waals surface area contributed by atoms with Crippen molar-refractivity contribution in [2.45, 2.75) is 0 Å². The smallest absolute Gasteiger partial charge is 0.235 e. The van der Waals surface area contributed by atoms with Gasteiger partial charge in [0, 0.05) is 48.7 Å². The van der Waals surface area contributed by atoms with E-state index in [9.17, 15) is 0 Å². The maximum atomic E-state index is 5.67. The molecule has 9 aromatic carbocycles. The first kappa shape index (κ1) is 28.3. The van der Waals surface area contributed by atoms with E-state index in [4.69, 9.17) is 9.97 Å². The molecule has 54 heavy (non-hydrogen) atoms. The molecular weight excluding hydrogens is 657 g/mol. The molecule has 0 atom stereocenters. The van der Waals surface area contributed by atoms with Gasteiger partial charge in [-0.1, -0.05) is 140 Å². The molecule has 0 amide bonds. The molecule has 13 rings (SSSR count). The average molecular weight is 685 g/mol. The van der Waals surface area contributed by atoms with Crippen LogP contribution in [0.1, 0.15) is 0 Å². The maximum Gasteiger partial charge on any atom is 0.235 e. The van der Waals surface area contributed by atoms with E-state index in [1.165, 1.54) is 75.8 Å². The highest BCUT2D eigenvalue weighted by molar-refractivity contribution is 6.37. The highest BCUT2D eigenvalue weighted by Crippen LogP contribution is 2.48. The van der Waals surface area contributed by atoms with Crippen LogP contribution in [0.15, 0.2) is 170 Å². The Morgan fingerprint density at radius 1 is 0.352 bits per heavy atom. The van der Waals surface area contributed by atoms with Crippen molar-refractivity contribution < 1.29 is 0 Å². The summed E-state index contributed by atoms with van der Waals surface area (Å²) in [6.07, 6.45) is 0. The summed E-state index contributed by atoms with van der Waals surface area (Å²) < 4.78 is 4.82. The van der Waals surface area contributed by atoms with Gasteiger partial charge in [-0.2, -0.15) is 0 Å². The van der Waals surface area contributed by atoms with E-state index in [0.29, 0.717) is 5.95 Å². The van der Waals surface area contributed by atoms with E-state index >= 15 is 0 Å². The van der Waals surface area contributed by atoms with Gasteiger partial charge in [0.1, 0.15) is 0 Å². The Bertz CT molecular complexity index is 3740. The summed E-state index contributed by atoms with van der Waals surface area (Å²) in [5.41, 5.74) is 8.86. The molecule has 0 bridgehead atoms. The number of nitrogens with zero attached hydrogens (tertiary/aromatic N) is 4. The van der Waals surface area contributed by atoms with Gasteiger partial charge in [0.15, 0.2) is 0 Å². The van der Waals surface area contributed by atoms with Gasteiger partial charge in [0.2, 0.25) is 5.95 Å². The van der Waals surface area contributed by atoms with E-state index in [-0.39, 0.29) is 0 Å². The molecule has 4 aromatic heterocycles. The van der Waals surface area contributed by atoms with E-state index < -0.39 is 0 Å². The zero-order valence-corrected chi connectivity index (χ0v) is 29.0. The molecule has 0 aliphatic rings. The molecule has 0 fully saturated rings. The van der Waals surface area contributed by atoms with Crippen molar-refractivity contribution >= 4 is 103 Å². The fourth-order valence-electron chi connectivity index (χ4n) is 9.52. The van der Waals surface area contributed by atoms with Gasteiger partial charge in [-0.25, -0.2) is 9.97 Å². The summed E-state index contributed by atoms with van der Waals surface area (Å²) in [4.78, 5) is 11.2. The number of benzene rings is 9. The van der Waals surface area contributed by atoms with Crippen LogP contribution in [-0.4, -0.2) is 18.9 Å². The van der Waals surface area contributed by atoms with Gasteiger partial charge < -0.3 is 4.40 Å². The first-order valence-electron chi connectivity index (χ1n) is 18.5. The SMILES string of the molecule is c1ccc2cc(-c3nc(-n4c5cc6c7ccccc7n7c8ccccc8c(c5c5ccc8ccccc8c54)c67)nc4ccc5ccccc5c34)ccc2c1. The van der Waals surface area contributed by atoms with Crippen molar-refractivity contribution in [1.82, 2.24) is 18.9 Å². The number of hydrogen-bond acceptors (Lipinski definition) is 2. The number of hydrogen-bond donors (Lipinski definition) is 0. The third-order valence-corrected chi connectivity index (χ3v) is 11.8. The molecular formula is C50H28N4. The van der Waals surface area contributed by atoms with Crippen molar-refractivity contribution in [2.75, 3.05) is 0 Å². The van der Waals surface area contributed by atoms with Crippen LogP contribution >= 0.6 is 0 Å². The fraction of sp³-hybridized carbons (Fsp3) is 0. The predicted molar refractivity (Wildman–Crippen MR) is 226 cm³/mol. The minimum absolute atomic E-state index is 0.666. The van der Waals surface area contributed by atoms with Crippen LogP contribution in [0, 0.1) is 0 Å². The van der Waals surface area contributed by atoms with Crippen LogP contribution in [0.25, 0.3) is 120 Å². The molecule has 4 heteroatoms. The Balaban J connectivity index is 1.27. The first-order valence-corrected chi connectivity index (χ1v) is 18.5. The summed E-state index contributed by atoms with van der Waals surface area (Å²) >= 11 is 0. The fourth-order valence-corrected chi connectivity index (χ4v) is 9.52. The average Bonchev–Trinajstić information content (AvgIpc) is 3.88. The highest BCUT2D eigenvalue weighted by atomic mass is 15.2. The largest absolute Gasteiger partial charge is 0.308 e. The van der Waals surface area contributed by atoms with Crippen molar-refractivity contribution in [3.63, 3.8) is 0 Å². The lowest BCUT2D eigenvalue weighted by Crippen LogP contribution is -2.04. The molecule has 0 saturated carbocycles. The second-order valence-electron chi connectivity index (χ2n) is 14.5. The molecule has 0 radical (unpaired) electrons. The van der Waals surface area contributed by atoms with Gasteiger partial charge in [0.25, 0.3) is 0 Å². The lowest BCUT2D eigenvalue weighted by molar-refractivity contribution is 1.02. The molecule has 4 nitrogen and oxygen atoms in total. The second kappa shape index (κ2) is 10.2. The minimum atomic E-state index is 0.666. The first-order chi connectivity index (χ1) is 26.8. The van der Waals surface area contributed by atoms with Crippen molar-refractivity contribution in [1.29, 1.82) is 0 Å². The Labute approximate surface area is 308 Å². The minimum Gasteiger partial charge on any atom is -0.308 e. The Kier molecular flexibility index (Phi) is 5.34. The molecule has 0 aliphatic heterocycles. The predicted octanol–water partition coefficient (Wildman–Crippen LogP) is 13.0. The van der Waals surface area contributed by atoms with E-state index in [1.807, 2.05) is 0 Å². The molecule has 0 aliphatic carbocycles. The van der Waals surface area contributed by atoms with Gasteiger partial charge in [-0.3, -0.25) is 4.57 Å². The zero-order valence-electron chi connectivity index (χ0n) is 29.0. The van der Waals surface area contributed by atoms with Crippen LogP contribution in [0.5, 0.6) is 0 Å². The lowest BCUT2D eigenvalue weighted by Gasteiger charge is -2.14. The normalized spacial score (nSPS) is 12.4. The van der Waals surface area contributed by atoms with E-state index in [0.717, 1.165) is 38.6 Å². The summed E-state index contributed by atoms with van der Waals surface area (Å²) in [5, 5.41) is 15.6. The number of fused-ring (bicyclic) bond motifs is 16. The van der Waals surface area contributed by atoms with Crippen molar-refractivity contribution in [3.05, 3.63) is 170 Å². The molecule has 0 unspecified atom stereocenters. The zero-order chi connectivity index (χ0) is 35.1. The van der Waals surface area contributed by atoms with Crippen molar-refractivity contribution in [3.8, 4) is 17.2 Å². The van der Waals surface area contributed by atoms with Gasteiger partial charge in [0.05, 0.1) is 38.8 Å². The van der Waals surface area contributed by atoms with E-state index in [2.05, 4.69) is 179 Å². The molecule has 0 saturated heterocycles. The van der Waals surface area contributed by atoms with Crippen molar-refractivity contribution in [2.24, 2.45) is 0 Å². The Morgan fingerprint density at radius 2 is 0.981 bits per heavy atom. The monoisotopic (exact) mass is 684 g/mol. The summed E-state index contributed by atoms with van der Waals surface area (Å²) in [5.74, 6) is 0.666. The third-order valence-electron chi connectivity index (χ3n) is 11.8. The summed E-state index contributed by atoms with van der Waals surface area (Å²) in [6.45, 7) is 0. The van der Waals surface area contributed by atoms with Gasteiger partial charge >= 0.3 is 0 Å². The molecule has 4 heterocycles. The second-order valence-corrected chi connectivity index (χ2v) is 14.5. The highest BCUT2D eigenvalue weighted by Gasteiger charge is 2.26. The molecule has 248 valence electrons. The van der Waals surface area contributed by atoms with Crippen LogP contribution in [0.2, 0.25) is 0 Å².